The zero-order chi connectivity index (χ0) is 14.4. The molecule has 0 atom stereocenters. The van der Waals surface area contributed by atoms with Crippen molar-refractivity contribution in [3.8, 4) is 6.07 Å². The monoisotopic (exact) mass is 266 g/mol. The van der Waals surface area contributed by atoms with Crippen LogP contribution in [0.25, 0.3) is 0 Å². The summed E-state index contributed by atoms with van der Waals surface area (Å²) in [6, 6.07) is 15.1. The Balaban J connectivity index is 2.10. The van der Waals surface area contributed by atoms with Crippen molar-refractivity contribution in [3.05, 3.63) is 69.8 Å². The van der Waals surface area contributed by atoms with Gasteiger partial charge in [0.05, 0.1) is 22.8 Å². The van der Waals surface area contributed by atoms with E-state index in [0.29, 0.717) is 11.3 Å². The van der Waals surface area contributed by atoms with Gasteiger partial charge in [-0.3, -0.25) is 15.5 Å². The first-order valence-corrected chi connectivity index (χ1v) is 5.73. The van der Waals surface area contributed by atoms with Crippen LogP contribution in [0.1, 0.15) is 11.1 Å². The lowest BCUT2D eigenvalue weighted by Crippen LogP contribution is -1.96. The molecule has 0 radical (unpaired) electrons. The van der Waals surface area contributed by atoms with Gasteiger partial charge in [0.1, 0.15) is 5.69 Å². The number of hydrazone groups is 1. The van der Waals surface area contributed by atoms with Gasteiger partial charge in [-0.15, -0.1) is 0 Å². The molecule has 0 spiro atoms. The summed E-state index contributed by atoms with van der Waals surface area (Å²) in [5, 5.41) is 23.4. The van der Waals surface area contributed by atoms with Crippen molar-refractivity contribution in [1.82, 2.24) is 0 Å². The normalized spacial score (nSPS) is 10.2. The molecular weight excluding hydrogens is 256 g/mol. The summed E-state index contributed by atoms with van der Waals surface area (Å²) in [5.41, 5.74) is 4.27. The Kier molecular flexibility index (Phi) is 4.04. The summed E-state index contributed by atoms with van der Waals surface area (Å²) in [6.45, 7) is 0. The standard InChI is InChI=1S/C14H10N4O2/c15-9-11-5-7-12(8-6-11)10-16-17-13-3-1-2-4-14(13)18(19)20/h1-8,10,17H. The highest BCUT2D eigenvalue weighted by molar-refractivity contribution is 5.80. The number of anilines is 1. The molecule has 0 aromatic heterocycles. The van der Waals surface area contributed by atoms with Gasteiger partial charge in [-0.1, -0.05) is 24.3 Å². The van der Waals surface area contributed by atoms with Crippen LogP contribution in [-0.2, 0) is 0 Å². The van der Waals surface area contributed by atoms with Crippen LogP contribution >= 0.6 is 0 Å². The molecule has 0 aliphatic carbocycles. The second kappa shape index (κ2) is 6.11. The SMILES string of the molecule is N#Cc1ccc(C=NNc2ccccc2[N+](=O)[O-])cc1. The number of rotatable bonds is 4. The highest BCUT2D eigenvalue weighted by Crippen LogP contribution is 2.22. The van der Waals surface area contributed by atoms with E-state index in [1.165, 1.54) is 12.3 Å². The summed E-state index contributed by atoms with van der Waals surface area (Å²) in [7, 11) is 0. The molecule has 0 amide bonds. The summed E-state index contributed by atoms with van der Waals surface area (Å²) < 4.78 is 0. The lowest BCUT2D eigenvalue weighted by atomic mass is 10.2. The number of nitriles is 1. The number of benzene rings is 2. The molecule has 98 valence electrons. The lowest BCUT2D eigenvalue weighted by molar-refractivity contribution is -0.384. The van der Waals surface area contributed by atoms with Crippen molar-refractivity contribution in [2.75, 3.05) is 5.43 Å². The van der Waals surface area contributed by atoms with Crippen molar-refractivity contribution in [2.24, 2.45) is 5.10 Å². The molecule has 0 aliphatic rings. The van der Waals surface area contributed by atoms with E-state index in [0.717, 1.165) is 5.56 Å². The molecule has 0 saturated heterocycles. The topological polar surface area (TPSA) is 91.3 Å². The van der Waals surface area contributed by atoms with Gasteiger partial charge in [0.25, 0.3) is 5.69 Å². The van der Waals surface area contributed by atoms with Crippen LogP contribution in [0.3, 0.4) is 0 Å². The van der Waals surface area contributed by atoms with Gasteiger partial charge >= 0.3 is 0 Å². The second-order valence-electron chi connectivity index (χ2n) is 3.88. The van der Waals surface area contributed by atoms with Gasteiger partial charge in [0, 0.05) is 6.07 Å². The second-order valence-corrected chi connectivity index (χ2v) is 3.88. The van der Waals surface area contributed by atoms with E-state index in [9.17, 15) is 10.1 Å². The Morgan fingerprint density at radius 2 is 1.90 bits per heavy atom. The van der Waals surface area contributed by atoms with Gasteiger partial charge < -0.3 is 0 Å². The molecule has 2 aromatic rings. The number of nitrogens with zero attached hydrogens (tertiary/aromatic N) is 3. The zero-order valence-electron chi connectivity index (χ0n) is 10.4. The van der Waals surface area contributed by atoms with Gasteiger partial charge in [0.2, 0.25) is 0 Å². The van der Waals surface area contributed by atoms with Crippen LogP contribution in [0.5, 0.6) is 0 Å². The maximum atomic E-state index is 10.8. The third-order valence-corrected chi connectivity index (χ3v) is 2.54. The zero-order valence-corrected chi connectivity index (χ0v) is 10.4. The van der Waals surface area contributed by atoms with E-state index in [1.807, 2.05) is 6.07 Å². The molecule has 2 aromatic carbocycles. The fourth-order valence-corrected chi connectivity index (χ4v) is 1.55. The van der Waals surface area contributed by atoms with E-state index in [-0.39, 0.29) is 5.69 Å². The van der Waals surface area contributed by atoms with E-state index in [4.69, 9.17) is 5.26 Å². The minimum Gasteiger partial charge on any atom is -0.272 e. The average Bonchev–Trinajstić information content (AvgIpc) is 2.48. The van der Waals surface area contributed by atoms with E-state index >= 15 is 0 Å². The number of hydrogen-bond acceptors (Lipinski definition) is 5. The molecule has 0 heterocycles. The smallest absolute Gasteiger partial charge is 0.272 e. The molecule has 0 fully saturated rings. The number of hydrogen-bond donors (Lipinski definition) is 1. The molecular formula is C14H10N4O2. The minimum atomic E-state index is -0.473. The average molecular weight is 266 g/mol. The Morgan fingerprint density at radius 3 is 2.55 bits per heavy atom. The lowest BCUT2D eigenvalue weighted by Gasteiger charge is -2.01. The first kappa shape index (κ1) is 13.2. The van der Waals surface area contributed by atoms with E-state index in [2.05, 4.69) is 10.5 Å². The fourth-order valence-electron chi connectivity index (χ4n) is 1.55. The molecule has 20 heavy (non-hydrogen) atoms. The summed E-state index contributed by atoms with van der Waals surface area (Å²) in [5.74, 6) is 0. The van der Waals surface area contributed by atoms with Crippen LogP contribution in [0.15, 0.2) is 53.6 Å². The molecule has 1 N–H and O–H groups in total. The molecule has 2 rings (SSSR count). The molecule has 6 nitrogen and oxygen atoms in total. The van der Waals surface area contributed by atoms with Gasteiger partial charge in [-0.25, -0.2) is 0 Å². The Bertz CT molecular complexity index is 687. The summed E-state index contributed by atoms with van der Waals surface area (Å²) in [6.07, 6.45) is 1.53. The number of para-hydroxylation sites is 2. The van der Waals surface area contributed by atoms with Crippen molar-refractivity contribution >= 4 is 17.6 Å². The highest BCUT2D eigenvalue weighted by atomic mass is 16.6. The fraction of sp³-hybridized carbons (Fsp3) is 0. The van der Waals surface area contributed by atoms with Crippen molar-refractivity contribution < 1.29 is 4.92 Å². The first-order chi connectivity index (χ1) is 9.70. The molecule has 0 saturated carbocycles. The van der Waals surface area contributed by atoms with Crippen molar-refractivity contribution in [3.63, 3.8) is 0 Å². The largest absolute Gasteiger partial charge is 0.294 e. The summed E-state index contributed by atoms with van der Waals surface area (Å²) >= 11 is 0. The van der Waals surface area contributed by atoms with Gasteiger partial charge in [-0.05, 0) is 23.8 Å². The molecule has 0 bridgehead atoms. The van der Waals surface area contributed by atoms with Crippen molar-refractivity contribution in [2.45, 2.75) is 0 Å². The maximum Gasteiger partial charge on any atom is 0.294 e. The third-order valence-electron chi connectivity index (χ3n) is 2.54. The molecule has 0 unspecified atom stereocenters. The molecule has 0 aliphatic heterocycles. The number of nitro groups is 1. The van der Waals surface area contributed by atoms with Crippen LogP contribution < -0.4 is 5.43 Å². The van der Waals surface area contributed by atoms with E-state index in [1.54, 1.807) is 42.5 Å². The highest BCUT2D eigenvalue weighted by Gasteiger charge is 2.10. The number of nitro benzene ring substituents is 1. The van der Waals surface area contributed by atoms with Gasteiger partial charge in [0.15, 0.2) is 0 Å². The Hall–Kier alpha value is -3.20. The van der Waals surface area contributed by atoms with Crippen LogP contribution in [-0.4, -0.2) is 11.1 Å². The predicted molar refractivity (Wildman–Crippen MR) is 75.5 cm³/mol. The van der Waals surface area contributed by atoms with Crippen LogP contribution in [0.4, 0.5) is 11.4 Å². The van der Waals surface area contributed by atoms with Crippen LogP contribution in [0, 0.1) is 21.4 Å². The minimum absolute atomic E-state index is 0.0375. The maximum absolute atomic E-state index is 10.8. The Labute approximate surface area is 115 Å². The van der Waals surface area contributed by atoms with Gasteiger partial charge in [-0.2, -0.15) is 10.4 Å². The summed E-state index contributed by atoms with van der Waals surface area (Å²) in [4.78, 5) is 10.3. The van der Waals surface area contributed by atoms with Crippen LogP contribution in [0.2, 0.25) is 0 Å². The Morgan fingerprint density at radius 1 is 1.20 bits per heavy atom. The molecule has 6 heteroatoms. The third kappa shape index (κ3) is 3.17. The first-order valence-electron chi connectivity index (χ1n) is 5.73. The van der Waals surface area contributed by atoms with E-state index < -0.39 is 4.92 Å². The predicted octanol–water partition coefficient (Wildman–Crippen LogP) is 2.91. The quantitative estimate of drug-likeness (QED) is 0.523. The van der Waals surface area contributed by atoms with Crippen molar-refractivity contribution in [1.29, 1.82) is 5.26 Å². The number of nitrogens with one attached hydrogen (secondary N) is 1.